The summed E-state index contributed by atoms with van der Waals surface area (Å²) in [5, 5.41) is 1.52. The third-order valence-corrected chi connectivity index (χ3v) is 4.46. The molecule has 6 heteroatoms. The summed E-state index contributed by atoms with van der Waals surface area (Å²) in [7, 11) is 0. The van der Waals surface area contributed by atoms with Gasteiger partial charge in [0, 0.05) is 21.7 Å². The summed E-state index contributed by atoms with van der Waals surface area (Å²) in [5.74, 6) is 1.43. The van der Waals surface area contributed by atoms with E-state index in [4.69, 9.17) is 36.8 Å². The first-order valence-electron chi connectivity index (χ1n) is 7.79. The second kappa shape index (κ2) is 6.90. The molecular weight excluding hydrogens is 375 g/mol. The molecule has 2 aromatic heterocycles. The molecule has 0 unspecified atom stereocenters. The van der Waals surface area contributed by atoms with Gasteiger partial charge >= 0.3 is 0 Å². The van der Waals surface area contributed by atoms with Gasteiger partial charge in [-0.1, -0.05) is 29.3 Å². The quantitative estimate of drug-likeness (QED) is 0.435. The molecule has 0 fully saturated rings. The van der Waals surface area contributed by atoms with Gasteiger partial charge < -0.3 is 13.6 Å². The van der Waals surface area contributed by atoms with Crippen LogP contribution in [0.3, 0.4) is 0 Å². The van der Waals surface area contributed by atoms with Crippen LogP contribution in [-0.2, 0) is 6.61 Å². The largest absolute Gasteiger partial charge is 0.489 e. The number of halogens is 2. The van der Waals surface area contributed by atoms with E-state index >= 15 is 0 Å². The molecule has 0 aliphatic rings. The highest BCUT2D eigenvalue weighted by atomic mass is 35.5. The van der Waals surface area contributed by atoms with Crippen molar-refractivity contribution >= 4 is 34.2 Å². The monoisotopic (exact) mass is 386 g/mol. The molecule has 4 rings (SSSR count). The summed E-state index contributed by atoms with van der Waals surface area (Å²) < 4.78 is 16.8. The molecule has 0 aliphatic heterocycles. The summed E-state index contributed by atoms with van der Waals surface area (Å²) in [6.07, 6.45) is 1.53. The number of benzene rings is 2. The summed E-state index contributed by atoms with van der Waals surface area (Å²) in [6, 6.07) is 15.2. The molecule has 2 aromatic carbocycles. The van der Waals surface area contributed by atoms with E-state index in [1.807, 2.05) is 0 Å². The van der Waals surface area contributed by atoms with Crippen LogP contribution in [-0.4, -0.2) is 0 Å². The van der Waals surface area contributed by atoms with Crippen molar-refractivity contribution in [3.05, 3.63) is 86.7 Å². The van der Waals surface area contributed by atoms with Crippen molar-refractivity contribution in [1.82, 2.24) is 0 Å². The fourth-order valence-electron chi connectivity index (χ4n) is 2.57. The van der Waals surface area contributed by atoms with Crippen LogP contribution in [0.15, 0.2) is 74.5 Å². The molecule has 0 N–H and O–H groups in total. The van der Waals surface area contributed by atoms with Crippen molar-refractivity contribution in [2.75, 3.05) is 0 Å². The number of hydrogen-bond donors (Lipinski definition) is 0. The second-order valence-corrected chi connectivity index (χ2v) is 6.48. The van der Waals surface area contributed by atoms with Crippen LogP contribution in [0.1, 0.15) is 5.56 Å². The molecule has 26 heavy (non-hydrogen) atoms. The molecule has 0 saturated heterocycles. The number of rotatable bonds is 4. The van der Waals surface area contributed by atoms with E-state index in [0.29, 0.717) is 38.3 Å². The van der Waals surface area contributed by atoms with Crippen molar-refractivity contribution in [1.29, 1.82) is 0 Å². The third kappa shape index (κ3) is 3.34. The molecule has 0 amide bonds. The van der Waals surface area contributed by atoms with Gasteiger partial charge in [-0.05, 0) is 42.5 Å². The Morgan fingerprint density at radius 1 is 0.962 bits per heavy atom. The van der Waals surface area contributed by atoms with Gasteiger partial charge in [0.1, 0.15) is 17.9 Å². The minimum Gasteiger partial charge on any atom is -0.489 e. The van der Waals surface area contributed by atoms with Crippen molar-refractivity contribution in [2.45, 2.75) is 6.61 Å². The molecule has 2 heterocycles. The zero-order valence-electron chi connectivity index (χ0n) is 13.4. The first kappa shape index (κ1) is 16.8. The minimum absolute atomic E-state index is 0.173. The van der Waals surface area contributed by atoms with Crippen LogP contribution in [0.4, 0.5) is 0 Å². The maximum absolute atomic E-state index is 12.4. The minimum atomic E-state index is -0.173. The standard InChI is InChI=1S/C20H12Cl2O4/c21-13-4-3-12(16(22)8-13)11-25-14-5-6-18-15(9-14)17(23)10-20(26-18)19-2-1-7-24-19/h1-10H,11H2. The first-order valence-corrected chi connectivity index (χ1v) is 8.54. The van der Waals surface area contributed by atoms with Gasteiger partial charge in [-0.2, -0.15) is 0 Å². The number of ether oxygens (including phenoxy) is 1. The van der Waals surface area contributed by atoms with E-state index in [-0.39, 0.29) is 12.0 Å². The Morgan fingerprint density at radius 2 is 1.85 bits per heavy atom. The van der Waals surface area contributed by atoms with E-state index in [1.54, 1.807) is 48.5 Å². The van der Waals surface area contributed by atoms with Crippen LogP contribution in [0.2, 0.25) is 10.0 Å². The Hall–Kier alpha value is -2.69. The maximum atomic E-state index is 12.4. The lowest BCUT2D eigenvalue weighted by Crippen LogP contribution is -2.01. The molecule has 0 atom stereocenters. The summed E-state index contributed by atoms with van der Waals surface area (Å²) in [4.78, 5) is 12.4. The van der Waals surface area contributed by atoms with Crippen molar-refractivity contribution < 1.29 is 13.6 Å². The highest BCUT2D eigenvalue weighted by Gasteiger charge is 2.10. The van der Waals surface area contributed by atoms with Crippen molar-refractivity contribution in [3.63, 3.8) is 0 Å². The Labute approximate surface area is 158 Å². The Morgan fingerprint density at radius 3 is 2.62 bits per heavy atom. The second-order valence-electron chi connectivity index (χ2n) is 5.63. The van der Waals surface area contributed by atoms with E-state index < -0.39 is 0 Å². The summed E-state index contributed by atoms with van der Waals surface area (Å²) >= 11 is 12.0. The first-order chi connectivity index (χ1) is 12.6. The van der Waals surface area contributed by atoms with Gasteiger partial charge in [-0.15, -0.1) is 0 Å². The SMILES string of the molecule is O=c1cc(-c2ccco2)oc2ccc(OCc3ccc(Cl)cc3Cl)cc12. The van der Waals surface area contributed by atoms with E-state index in [2.05, 4.69) is 0 Å². The smallest absolute Gasteiger partial charge is 0.193 e. The zero-order valence-corrected chi connectivity index (χ0v) is 14.9. The van der Waals surface area contributed by atoms with Gasteiger partial charge in [0.15, 0.2) is 16.9 Å². The fourth-order valence-corrected chi connectivity index (χ4v) is 3.03. The van der Waals surface area contributed by atoms with Gasteiger partial charge in [0.25, 0.3) is 0 Å². The Kier molecular flexibility index (Phi) is 4.45. The molecular formula is C20H12Cl2O4. The van der Waals surface area contributed by atoms with E-state index in [0.717, 1.165) is 5.56 Å². The van der Waals surface area contributed by atoms with Crippen LogP contribution in [0.25, 0.3) is 22.5 Å². The Bertz CT molecular complexity index is 1130. The molecule has 4 nitrogen and oxygen atoms in total. The topological polar surface area (TPSA) is 52.6 Å². The maximum Gasteiger partial charge on any atom is 0.193 e. The zero-order chi connectivity index (χ0) is 18.1. The highest BCUT2D eigenvalue weighted by molar-refractivity contribution is 6.35. The molecule has 0 saturated carbocycles. The lowest BCUT2D eigenvalue weighted by atomic mass is 10.2. The van der Waals surface area contributed by atoms with Crippen molar-refractivity contribution in [2.24, 2.45) is 0 Å². The van der Waals surface area contributed by atoms with Crippen LogP contribution >= 0.6 is 23.2 Å². The molecule has 0 radical (unpaired) electrons. The molecule has 0 bridgehead atoms. The molecule has 0 aliphatic carbocycles. The summed E-state index contributed by atoms with van der Waals surface area (Å²) in [5.41, 5.74) is 1.09. The van der Waals surface area contributed by atoms with Gasteiger partial charge in [-0.3, -0.25) is 4.79 Å². The van der Waals surface area contributed by atoms with E-state index in [9.17, 15) is 4.79 Å². The van der Waals surface area contributed by atoms with Gasteiger partial charge in [0.05, 0.1) is 11.6 Å². The fraction of sp³-hybridized carbons (Fsp3) is 0.0500. The van der Waals surface area contributed by atoms with Gasteiger partial charge in [-0.25, -0.2) is 0 Å². The lowest BCUT2D eigenvalue weighted by Gasteiger charge is -2.09. The average Bonchev–Trinajstić information content (AvgIpc) is 3.16. The van der Waals surface area contributed by atoms with E-state index in [1.165, 1.54) is 12.3 Å². The number of furan rings is 1. The average molecular weight is 387 g/mol. The van der Waals surface area contributed by atoms with Crippen LogP contribution in [0.5, 0.6) is 5.75 Å². The molecule has 4 aromatic rings. The normalized spacial score (nSPS) is 11.0. The van der Waals surface area contributed by atoms with Crippen LogP contribution < -0.4 is 10.2 Å². The molecule has 0 spiro atoms. The third-order valence-electron chi connectivity index (χ3n) is 3.87. The number of hydrogen-bond acceptors (Lipinski definition) is 4. The lowest BCUT2D eigenvalue weighted by molar-refractivity contribution is 0.306. The van der Waals surface area contributed by atoms with Gasteiger partial charge in [0.2, 0.25) is 0 Å². The highest BCUT2D eigenvalue weighted by Crippen LogP contribution is 2.26. The number of fused-ring (bicyclic) bond motifs is 1. The van der Waals surface area contributed by atoms with Crippen LogP contribution in [0, 0.1) is 0 Å². The predicted octanol–water partition coefficient (Wildman–Crippen LogP) is 5.94. The predicted molar refractivity (Wildman–Crippen MR) is 101 cm³/mol. The molecule has 130 valence electrons. The van der Waals surface area contributed by atoms with Crippen molar-refractivity contribution in [3.8, 4) is 17.3 Å². The Balaban J connectivity index is 1.62. The summed E-state index contributed by atoms with van der Waals surface area (Å²) in [6.45, 7) is 0.261.